The minimum absolute atomic E-state index is 0.0660. The molecule has 1 aromatic heterocycles. The third-order valence-corrected chi connectivity index (χ3v) is 4.91. The number of likely N-dealkylation sites (tertiary alicyclic amines) is 1. The van der Waals surface area contributed by atoms with Crippen molar-refractivity contribution in [1.82, 2.24) is 15.0 Å². The number of amides is 1. The number of hydrogen-bond donors (Lipinski definition) is 0. The fourth-order valence-electron chi connectivity index (χ4n) is 3.12. The summed E-state index contributed by atoms with van der Waals surface area (Å²) in [7, 11) is 1.64. The van der Waals surface area contributed by atoms with Crippen LogP contribution < -0.4 is 4.74 Å². The number of hydrogen-bond acceptors (Lipinski definition) is 5. The standard InChI is InChI=1S/C19H25N3O3/c1-4-13(2)19(23)22-11-5-6-15(12-22)18-20-17(21-25-18)14-7-9-16(24-3)10-8-14/h7-10,13,15H,4-6,11-12H2,1-3H3/t13-,15+/m0/s1. The highest BCUT2D eigenvalue weighted by Gasteiger charge is 2.30. The molecule has 6 heteroatoms. The van der Waals surface area contributed by atoms with Crippen LogP contribution in [0.2, 0.25) is 0 Å². The smallest absolute Gasteiger partial charge is 0.231 e. The maximum Gasteiger partial charge on any atom is 0.231 e. The van der Waals surface area contributed by atoms with Gasteiger partial charge in [-0.25, -0.2) is 0 Å². The van der Waals surface area contributed by atoms with Gasteiger partial charge in [0.2, 0.25) is 17.6 Å². The quantitative estimate of drug-likeness (QED) is 0.831. The van der Waals surface area contributed by atoms with Crippen LogP contribution in [0, 0.1) is 5.92 Å². The lowest BCUT2D eigenvalue weighted by Crippen LogP contribution is -2.41. The van der Waals surface area contributed by atoms with Gasteiger partial charge in [0.25, 0.3) is 0 Å². The van der Waals surface area contributed by atoms with Crippen LogP contribution in [0.15, 0.2) is 28.8 Å². The number of aromatic nitrogens is 2. The Labute approximate surface area is 148 Å². The second-order valence-corrected chi connectivity index (χ2v) is 6.62. The summed E-state index contributed by atoms with van der Waals surface area (Å²) in [6.45, 7) is 5.51. The zero-order valence-electron chi connectivity index (χ0n) is 15.1. The molecule has 2 heterocycles. The number of methoxy groups -OCH3 is 1. The number of nitrogens with zero attached hydrogens (tertiary/aromatic N) is 3. The van der Waals surface area contributed by atoms with E-state index in [-0.39, 0.29) is 17.7 Å². The zero-order valence-corrected chi connectivity index (χ0v) is 15.1. The van der Waals surface area contributed by atoms with Crippen LogP contribution in [0.3, 0.4) is 0 Å². The Hall–Kier alpha value is -2.37. The molecule has 0 unspecified atom stereocenters. The summed E-state index contributed by atoms with van der Waals surface area (Å²) < 4.78 is 10.7. The first-order valence-electron chi connectivity index (χ1n) is 8.89. The molecule has 1 amide bonds. The number of piperidine rings is 1. The minimum Gasteiger partial charge on any atom is -0.497 e. The van der Waals surface area contributed by atoms with Gasteiger partial charge < -0.3 is 14.2 Å². The molecule has 1 aliphatic rings. The van der Waals surface area contributed by atoms with E-state index in [0.717, 1.165) is 37.1 Å². The first-order valence-corrected chi connectivity index (χ1v) is 8.89. The topological polar surface area (TPSA) is 68.5 Å². The third-order valence-electron chi connectivity index (χ3n) is 4.91. The molecule has 0 saturated carbocycles. The van der Waals surface area contributed by atoms with Crippen molar-refractivity contribution >= 4 is 5.91 Å². The predicted octanol–water partition coefficient (Wildman–Crippen LogP) is 3.50. The average molecular weight is 343 g/mol. The molecule has 2 atom stereocenters. The molecule has 0 spiro atoms. The lowest BCUT2D eigenvalue weighted by atomic mass is 9.96. The molecular formula is C19H25N3O3. The molecule has 1 aromatic carbocycles. The van der Waals surface area contributed by atoms with E-state index in [4.69, 9.17) is 9.26 Å². The van der Waals surface area contributed by atoms with Crippen molar-refractivity contribution in [2.45, 2.75) is 39.0 Å². The minimum atomic E-state index is 0.0660. The van der Waals surface area contributed by atoms with E-state index in [0.29, 0.717) is 18.3 Å². The van der Waals surface area contributed by atoms with Crippen molar-refractivity contribution in [2.24, 2.45) is 5.92 Å². The normalized spacial score (nSPS) is 18.8. The van der Waals surface area contributed by atoms with Crippen LogP contribution in [0.1, 0.15) is 44.9 Å². The fourth-order valence-corrected chi connectivity index (χ4v) is 3.12. The van der Waals surface area contributed by atoms with Crippen LogP contribution >= 0.6 is 0 Å². The van der Waals surface area contributed by atoms with E-state index < -0.39 is 0 Å². The summed E-state index contributed by atoms with van der Waals surface area (Å²) in [6, 6.07) is 7.57. The number of ether oxygens (including phenoxy) is 1. The summed E-state index contributed by atoms with van der Waals surface area (Å²) >= 11 is 0. The maximum atomic E-state index is 12.4. The predicted molar refractivity (Wildman–Crippen MR) is 94.3 cm³/mol. The van der Waals surface area contributed by atoms with Gasteiger partial charge in [-0.15, -0.1) is 0 Å². The summed E-state index contributed by atoms with van der Waals surface area (Å²) in [6.07, 6.45) is 2.80. The number of rotatable bonds is 5. The van der Waals surface area contributed by atoms with Gasteiger partial charge in [-0.2, -0.15) is 4.98 Å². The molecular weight excluding hydrogens is 318 g/mol. The molecule has 1 saturated heterocycles. The Morgan fingerprint density at radius 3 is 2.84 bits per heavy atom. The van der Waals surface area contributed by atoms with E-state index in [1.807, 2.05) is 43.0 Å². The maximum absolute atomic E-state index is 12.4. The van der Waals surface area contributed by atoms with Crippen molar-refractivity contribution in [3.63, 3.8) is 0 Å². The van der Waals surface area contributed by atoms with Gasteiger partial charge in [0.1, 0.15) is 5.75 Å². The Kier molecular flexibility index (Phi) is 5.36. The Morgan fingerprint density at radius 1 is 1.40 bits per heavy atom. The van der Waals surface area contributed by atoms with Gasteiger partial charge >= 0.3 is 0 Å². The molecule has 134 valence electrons. The largest absolute Gasteiger partial charge is 0.497 e. The molecule has 0 bridgehead atoms. The fraction of sp³-hybridized carbons (Fsp3) is 0.526. The summed E-state index contributed by atoms with van der Waals surface area (Å²) in [5.41, 5.74) is 0.888. The van der Waals surface area contributed by atoms with Crippen LogP contribution in [0.5, 0.6) is 5.75 Å². The molecule has 6 nitrogen and oxygen atoms in total. The van der Waals surface area contributed by atoms with Crippen LogP contribution in [-0.2, 0) is 4.79 Å². The third kappa shape index (κ3) is 3.83. The molecule has 1 fully saturated rings. The summed E-state index contributed by atoms with van der Waals surface area (Å²) in [5.74, 6) is 2.38. The highest BCUT2D eigenvalue weighted by atomic mass is 16.5. The first kappa shape index (κ1) is 17.5. The number of benzene rings is 1. The van der Waals surface area contributed by atoms with Crippen LogP contribution in [0.4, 0.5) is 0 Å². The lowest BCUT2D eigenvalue weighted by Gasteiger charge is -2.32. The van der Waals surface area contributed by atoms with Crippen molar-refractivity contribution in [3.8, 4) is 17.1 Å². The van der Waals surface area contributed by atoms with Gasteiger partial charge in [0, 0.05) is 24.6 Å². The van der Waals surface area contributed by atoms with Crippen molar-refractivity contribution in [2.75, 3.05) is 20.2 Å². The zero-order chi connectivity index (χ0) is 17.8. The van der Waals surface area contributed by atoms with E-state index in [1.54, 1.807) is 7.11 Å². The average Bonchev–Trinajstić information content (AvgIpc) is 3.17. The van der Waals surface area contributed by atoms with Gasteiger partial charge in [0.15, 0.2) is 0 Å². The SMILES string of the molecule is CC[C@H](C)C(=O)N1CCC[C@@H](c2nc(-c3ccc(OC)cc3)no2)C1. The second-order valence-electron chi connectivity index (χ2n) is 6.62. The van der Waals surface area contributed by atoms with Gasteiger partial charge in [-0.05, 0) is 43.5 Å². The Balaban J connectivity index is 1.71. The second kappa shape index (κ2) is 7.68. The highest BCUT2D eigenvalue weighted by molar-refractivity contribution is 5.78. The molecule has 0 aliphatic carbocycles. The van der Waals surface area contributed by atoms with Crippen molar-refractivity contribution in [3.05, 3.63) is 30.2 Å². The monoisotopic (exact) mass is 343 g/mol. The van der Waals surface area contributed by atoms with Gasteiger partial charge in [-0.1, -0.05) is 19.0 Å². The van der Waals surface area contributed by atoms with E-state index >= 15 is 0 Å². The highest BCUT2D eigenvalue weighted by Crippen LogP contribution is 2.29. The van der Waals surface area contributed by atoms with E-state index in [9.17, 15) is 4.79 Å². The molecule has 3 rings (SSSR count). The summed E-state index contributed by atoms with van der Waals surface area (Å²) in [5, 5.41) is 4.11. The molecule has 2 aromatic rings. The van der Waals surface area contributed by atoms with Gasteiger partial charge in [0.05, 0.1) is 13.0 Å². The lowest BCUT2D eigenvalue weighted by molar-refractivity contribution is -0.136. The molecule has 1 aliphatic heterocycles. The van der Waals surface area contributed by atoms with Crippen molar-refractivity contribution in [1.29, 1.82) is 0 Å². The van der Waals surface area contributed by atoms with Crippen LogP contribution in [0.25, 0.3) is 11.4 Å². The Bertz CT molecular complexity index is 711. The van der Waals surface area contributed by atoms with E-state index in [2.05, 4.69) is 10.1 Å². The van der Waals surface area contributed by atoms with E-state index in [1.165, 1.54) is 0 Å². The summed E-state index contributed by atoms with van der Waals surface area (Å²) in [4.78, 5) is 18.9. The van der Waals surface area contributed by atoms with Crippen molar-refractivity contribution < 1.29 is 14.1 Å². The number of carbonyl (C=O) groups excluding carboxylic acids is 1. The molecule has 0 radical (unpaired) electrons. The Morgan fingerprint density at radius 2 is 2.16 bits per heavy atom. The van der Waals surface area contributed by atoms with Gasteiger partial charge in [-0.3, -0.25) is 4.79 Å². The first-order chi connectivity index (χ1) is 12.1. The number of carbonyl (C=O) groups is 1. The molecule has 25 heavy (non-hydrogen) atoms. The van der Waals surface area contributed by atoms with Crippen LogP contribution in [-0.4, -0.2) is 41.1 Å². The molecule has 0 N–H and O–H groups in total.